The summed E-state index contributed by atoms with van der Waals surface area (Å²) in [4.78, 5) is 40.4. The predicted octanol–water partition coefficient (Wildman–Crippen LogP) is 3.06. The van der Waals surface area contributed by atoms with Gasteiger partial charge in [-0.25, -0.2) is 0 Å². The van der Waals surface area contributed by atoms with Gasteiger partial charge in [0.25, 0.3) is 11.8 Å². The van der Waals surface area contributed by atoms with E-state index < -0.39 is 6.04 Å². The maximum atomic E-state index is 12.9. The van der Waals surface area contributed by atoms with E-state index in [0.29, 0.717) is 55.2 Å². The molecular formula is C25H30ClN3O4. The molecule has 0 unspecified atom stereocenters. The third-order valence-corrected chi connectivity index (χ3v) is 6.13. The lowest BCUT2D eigenvalue weighted by Gasteiger charge is -2.36. The standard InChI is InChI=1S/C25H30ClN3O4/c1-17-3-5-19(6-4-17)23(30)28-22(24(31)27-13-16-33-2)18-11-14-29(15-12-18)25(32)20-7-9-21(26)10-8-20/h3-10,18,22H,11-16H2,1-2H3,(H,27,31)(H,28,30)/t22-/m1/s1. The number of hydrogen-bond donors (Lipinski definition) is 2. The molecule has 1 aliphatic heterocycles. The van der Waals surface area contributed by atoms with E-state index in [9.17, 15) is 14.4 Å². The van der Waals surface area contributed by atoms with E-state index in [1.807, 2.05) is 19.1 Å². The Hall–Kier alpha value is -2.90. The molecule has 0 aliphatic carbocycles. The van der Waals surface area contributed by atoms with Gasteiger partial charge in [-0.15, -0.1) is 0 Å². The van der Waals surface area contributed by atoms with Crippen LogP contribution in [0, 0.1) is 12.8 Å². The summed E-state index contributed by atoms with van der Waals surface area (Å²) in [7, 11) is 1.57. The van der Waals surface area contributed by atoms with Crippen LogP contribution >= 0.6 is 11.6 Å². The third-order valence-electron chi connectivity index (χ3n) is 5.88. The highest BCUT2D eigenvalue weighted by molar-refractivity contribution is 6.30. The number of carbonyl (C=O) groups is 3. The van der Waals surface area contributed by atoms with Gasteiger partial charge in [0.05, 0.1) is 6.61 Å². The Labute approximate surface area is 199 Å². The number of rotatable bonds is 8. The normalized spacial score (nSPS) is 15.1. The van der Waals surface area contributed by atoms with Crippen molar-refractivity contribution >= 4 is 29.3 Å². The van der Waals surface area contributed by atoms with Crippen LogP contribution in [0.15, 0.2) is 48.5 Å². The van der Waals surface area contributed by atoms with Gasteiger partial charge >= 0.3 is 0 Å². The largest absolute Gasteiger partial charge is 0.383 e. The molecule has 1 saturated heterocycles. The van der Waals surface area contributed by atoms with Crippen LogP contribution in [0.2, 0.25) is 5.02 Å². The first-order chi connectivity index (χ1) is 15.9. The van der Waals surface area contributed by atoms with Gasteiger partial charge < -0.3 is 20.3 Å². The zero-order valence-electron chi connectivity index (χ0n) is 19.0. The third kappa shape index (κ3) is 6.79. The highest BCUT2D eigenvalue weighted by Gasteiger charge is 2.34. The molecule has 176 valence electrons. The monoisotopic (exact) mass is 471 g/mol. The van der Waals surface area contributed by atoms with E-state index in [2.05, 4.69) is 10.6 Å². The Morgan fingerprint density at radius 3 is 2.24 bits per heavy atom. The van der Waals surface area contributed by atoms with Crippen LogP contribution in [0.3, 0.4) is 0 Å². The van der Waals surface area contributed by atoms with E-state index in [1.54, 1.807) is 48.4 Å². The lowest BCUT2D eigenvalue weighted by Crippen LogP contribution is -2.54. The number of carbonyl (C=O) groups excluding carboxylic acids is 3. The van der Waals surface area contributed by atoms with Gasteiger partial charge in [0.2, 0.25) is 5.91 Å². The summed E-state index contributed by atoms with van der Waals surface area (Å²) in [6, 6.07) is 13.4. The van der Waals surface area contributed by atoms with Gasteiger partial charge in [-0.1, -0.05) is 29.3 Å². The van der Waals surface area contributed by atoms with Crippen LogP contribution in [0.25, 0.3) is 0 Å². The van der Waals surface area contributed by atoms with Gasteiger partial charge in [-0.3, -0.25) is 14.4 Å². The molecule has 3 amide bonds. The molecule has 0 saturated carbocycles. The lowest BCUT2D eigenvalue weighted by atomic mass is 9.88. The lowest BCUT2D eigenvalue weighted by molar-refractivity contribution is -0.124. The van der Waals surface area contributed by atoms with Crippen LogP contribution in [-0.2, 0) is 9.53 Å². The van der Waals surface area contributed by atoms with Crippen molar-refractivity contribution < 1.29 is 19.1 Å². The second kappa shape index (κ2) is 11.8. The predicted molar refractivity (Wildman–Crippen MR) is 127 cm³/mol. The number of nitrogens with zero attached hydrogens (tertiary/aromatic N) is 1. The van der Waals surface area contributed by atoms with E-state index >= 15 is 0 Å². The number of likely N-dealkylation sites (tertiary alicyclic amines) is 1. The minimum absolute atomic E-state index is 0.0603. The van der Waals surface area contributed by atoms with Crippen molar-refractivity contribution in [3.63, 3.8) is 0 Å². The number of ether oxygens (including phenoxy) is 1. The summed E-state index contributed by atoms with van der Waals surface area (Å²) in [6.07, 6.45) is 1.21. The van der Waals surface area contributed by atoms with Crippen molar-refractivity contribution in [1.29, 1.82) is 0 Å². The van der Waals surface area contributed by atoms with Crippen molar-refractivity contribution in [2.75, 3.05) is 33.4 Å². The molecular weight excluding hydrogens is 442 g/mol. The van der Waals surface area contributed by atoms with Crippen LogP contribution in [-0.4, -0.2) is 62.0 Å². The Balaban J connectivity index is 1.66. The molecule has 0 radical (unpaired) electrons. The average Bonchev–Trinajstić information content (AvgIpc) is 2.83. The molecule has 2 aromatic carbocycles. The van der Waals surface area contributed by atoms with E-state index in [4.69, 9.17) is 16.3 Å². The number of nitrogens with one attached hydrogen (secondary N) is 2. The first-order valence-corrected chi connectivity index (χ1v) is 11.5. The summed E-state index contributed by atoms with van der Waals surface area (Å²) in [5, 5.41) is 6.34. The zero-order chi connectivity index (χ0) is 23.8. The second-order valence-electron chi connectivity index (χ2n) is 8.24. The number of benzene rings is 2. The molecule has 7 nitrogen and oxygen atoms in total. The molecule has 0 spiro atoms. The number of amides is 3. The Morgan fingerprint density at radius 1 is 1.03 bits per heavy atom. The zero-order valence-corrected chi connectivity index (χ0v) is 19.7. The topological polar surface area (TPSA) is 87.7 Å². The minimum Gasteiger partial charge on any atom is -0.383 e. The van der Waals surface area contributed by atoms with Gasteiger partial charge in [-0.05, 0) is 62.1 Å². The SMILES string of the molecule is COCCNC(=O)[C@H](NC(=O)c1ccc(C)cc1)C1CCN(C(=O)c2ccc(Cl)cc2)CC1. The molecule has 0 aromatic heterocycles. The van der Waals surface area contributed by atoms with Crippen molar-refractivity contribution in [2.45, 2.75) is 25.8 Å². The molecule has 33 heavy (non-hydrogen) atoms. The summed E-state index contributed by atoms with van der Waals surface area (Å²) in [5.74, 6) is -0.678. The van der Waals surface area contributed by atoms with E-state index in [1.165, 1.54) is 0 Å². The second-order valence-corrected chi connectivity index (χ2v) is 8.67. The molecule has 2 aromatic rings. The number of methoxy groups -OCH3 is 1. The molecule has 2 N–H and O–H groups in total. The Kier molecular flexibility index (Phi) is 8.86. The van der Waals surface area contributed by atoms with Crippen molar-refractivity contribution in [1.82, 2.24) is 15.5 Å². The van der Waals surface area contributed by atoms with E-state index in [0.717, 1.165) is 5.56 Å². The van der Waals surface area contributed by atoms with Crippen LogP contribution in [0.5, 0.6) is 0 Å². The Morgan fingerprint density at radius 2 is 1.64 bits per heavy atom. The molecule has 1 aliphatic rings. The number of halogens is 1. The molecule has 8 heteroatoms. The number of piperidine rings is 1. The van der Waals surface area contributed by atoms with Gasteiger partial charge in [0, 0.05) is 42.9 Å². The fourth-order valence-electron chi connectivity index (χ4n) is 3.92. The molecule has 1 fully saturated rings. The smallest absolute Gasteiger partial charge is 0.253 e. The average molecular weight is 472 g/mol. The number of hydrogen-bond acceptors (Lipinski definition) is 4. The van der Waals surface area contributed by atoms with Crippen LogP contribution in [0.4, 0.5) is 0 Å². The molecule has 1 heterocycles. The first-order valence-electron chi connectivity index (χ1n) is 11.1. The quantitative estimate of drug-likeness (QED) is 0.579. The van der Waals surface area contributed by atoms with Gasteiger partial charge in [-0.2, -0.15) is 0 Å². The summed E-state index contributed by atoms with van der Waals surface area (Å²) >= 11 is 5.92. The molecule has 1 atom stereocenters. The fourth-order valence-corrected chi connectivity index (χ4v) is 4.05. The van der Waals surface area contributed by atoms with Crippen molar-refractivity contribution in [3.8, 4) is 0 Å². The summed E-state index contributed by atoms with van der Waals surface area (Å²) in [6.45, 7) is 3.72. The van der Waals surface area contributed by atoms with Crippen LogP contribution in [0.1, 0.15) is 39.1 Å². The Bertz CT molecular complexity index is 955. The van der Waals surface area contributed by atoms with Crippen molar-refractivity contribution in [3.05, 3.63) is 70.2 Å². The van der Waals surface area contributed by atoms with Gasteiger partial charge in [0.1, 0.15) is 6.04 Å². The number of aryl methyl sites for hydroxylation is 1. The summed E-state index contributed by atoms with van der Waals surface area (Å²) in [5.41, 5.74) is 2.14. The first kappa shape index (κ1) is 24.7. The summed E-state index contributed by atoms with van der Waals surface area (Å²) < 4.78 is 5.01. The van der Waals surface area contributed by atoms with Crippen LogP contribution < -0.4 is 10.6 Å². The maximum Gasteiger partial charge on any atom is 0.253 e. The van der Waals surface area contributed by atoms with E-state index in [-0.39, 0.29) is 23.6 Å². The van der Waals surface area contributed by atoms with Gasteiger partial charge in [0.15, 0.2) is 0 Å². The molecule has 0 bridgehead atoms. The highest BCUT2D eigenvalue weighted by Crippen LogP contribution is 2.23. The maximum absolute atomic E-state index is 12.9. The minimum atomic E-state index is -0.691. The molecule has 3 rings (SSSR count). The van der Waals surface area contributed by atoms with Crippen molar-refractivity contribution in [2.24, 2.45) is 5.92 Å². The fraction of sp³-hybridized carbons (Fsp3) is 0.400. The highest BCUT2D eigenvalue weighted by atomic mass is 35.5.